The molecule has 0 aliphatic carbocycles. The van der Waals surface area contributed by atoms with Crippen molar-refractivity contribution in [3.63, 3.8) is 0 Å². The molecule has 0 spiro atoms. The highest BCUT2D eigenvalue weighted by molar-refractivity contribution is 9.11. The number of nitrogens with one attached hydrogen (secondary N) is 1. The van der Waals surface area contributed by atoms with Gasteiger partial charge in [0.25, 0.3) is 5.91 Å². The Morgan fingerprint density at radius 1 is 1.28 bits per heavy atom. The summed E-state index contributed by atoms with van der Waals surface area (Å²) in [6.45, 7) is 3.78. The lowest BCUT2D eigenvalue weighted by molar-refractivity contribution is -0.123. The molecule has 0 unspecified atom stereocenters. The molecule has 0 heterocycles. The van der Waals surface area contributed by atoms with E-state index in [1.807, 2.05) is 32.0 Å². The van der Waals surface area contributed by atoms with Crippen molar-refractivity contribution in [2.24, 2.45) is 5.10 Å². The molecular formula is C17H15Br3N2O3. The number of phenolic OH excluding ortho intramolecular Hbond substituents is 1. The molecule has 2 aromatic rings. The van der Waals surface area contributed by atoms with Crippen molar-refractivity contribution >= 4 is 59.9 Å². The Hall–Kier alpha value is -1.38. The van der Waals surface area contributed by atoms with Crippen LogP contribution in [0, 0.1) is 13.8 Å². The summed E-state index contributed by atoms with van der Waals surface area (Å²) in [5.74, 6) is 0.336. The van der Waals surface area contributed by atoms with Gasteiger partial charge >= 0.3 is 0 Å². The average molecular weight is 535 g/mol. The first-order valence-corrected chi connectivity index (χ1v) is 9.56. The second-order valence-electron chi connectivity index (χ2n) is 5.20. The number of amides is 1. The maximum atomic E-state index is 11.9. The Balaban J connectivity index is 1.97. The smallest absolute Gasteiger partial charge is 0.277 e. The molecule has 1 amide bonds. The number of carbonyl (C=O) groups is 1. The lowest BCUT2D eigenvalue weighted by atomic mass is 10.1. The zero-order valence-corrected chi connectivity index (χ0v) is 18.2. The molecule has 8 heteroatoms. The molecule has 0 aliphatic rings. The number of rotatable bonds is 5. The molecule has 2 N–H and O–H groups in total. The van der Waals surface area contributed by atoms with Crippen LogP contribution in [0.4, 0.5) is 0 Å². The summed E-state index contributed by atoms with van der Waals surface area (Å²) in [5.41, 5.74) is 5.08. The topological polar surface area (TPSA) is 70.9 Å². The number of hydrogen-bond donors (Lipinski definition) is 2. The van der Waals surface area contributed by atoms with Crippen molar-refractivity contribution < 1.29 is 14.6 Å². The third kappa shape index (κ3) is 5.05. The fourth-order valence-corrected chi connectivity index (χ4v) is 4.26. The van der Waals surface area contributed by atoms with Gasteiger partial charge in [-0.05, 0) is 69.0 Å². The highest BCUT2D eigenvalue weighted by atomic mass is 79.9. The first kappa shape index (κ1) is 19.9. The van der Waals surface area contributed by atoms with Gasteiger partial charge in [-0.25, -0.2) is 5.43 Å². The van der Waals surface area contributed by atoms with Gasteiger partial charge in [-0.3, -0.25) is 4.79 Å². The number of aryl methyl sites for hydroxylation is 1. The molecule has 0 aliphatic heterocycles. The Morgan fingerprint density at radius 2 is 2.00 bits per heavy atom. The van der Waals surface area contributed by atoms with E-state index in [2.05, 4.69) is 58.3 Å². The summed E-state index contributed by atoms with van der Waals surface area (Å²) in [5, 5.41) is 13.8. The second-order valence-corrected chi connectivity index (χ2v) is 7.70. The van der Waals surface area contributed by atoms with Crippen LogP contribution in [0.15, 0.2) is 42.8 Å². The van der Waals surface area contributed by atoms with E-state index in [-0.39, 0.29) is 18.3 Å². The molecule has 0 bridgehead atoms. The summed E-state index contributed by atoms with van der Waals surface area (Å²) < 4.78 is 7.21. The van der Waals surface area contributed by atoms with Crippen LogP contribution in [0.3, 0.4) is 0 Å². The molecule has 5 nitrogen and oxygen atoms in total. The molecule has 0 saturated heterocycles. The number of hydrazone groups is 1. The van der Waals surface area contributed by atoms with Crippen molar-refractivity contribution in [2.45, 2.75) is 13.8 Å². The van der Waals surface area contributed by atoms with Crippen LogP contribution in [0.25, 0.3) is 0 Å². The van der Waals surface area contributed by atoms with Gasteiger partial charge in [0, 0.05) is 10.0 Å². The zero-order chi connectivity index (χ0) is 18.6. The van der Waals surface area contributed by atoms with Crippen molar-refractivity contribution in [3.8, 4) is 11.5 Å². The van der Waals surface area contributed by atoms with E-state index in [1.165, 1.54) is 6.21 Å². The molecule has 2 rings (SSSR count). The van der Waals surface area contributed by atoms with Gasteiger partial charge in [0.1, 0.15) is 11.5 Å². The van der Waals surface area contributed by atoms with Crippen LogP contribution in [0.1, 0.15) is 16.7 Å². The quantitative estimate of drug-likeness (QED) is 0.426. The minimum Gasteiger partial charge on any atom is -0.506 e. The molecular weight excluding hydrogens is 520 g/mol. The van der Waals surface area contributed by atoms with Gasteiger partial charge < -0.3 is 9.84 Å². The number of benzene rings is 2. The van der Waals surface area contributed by atoms with Gasteiger partial charge in [-0.15, -0.1) is 0 Å². The first-order valence-electron chi connectivity index (χ1n) is 7.18. The highest BCUT2D eigenvalue weighted by Crippen LogP contribution is 2.38. The Labute approximate surface area is 170 Å². The maximum Gasteiger partial charge on any atom is 0.277 e. The van der Waals surface area contributed by atoms with Crippen LogP contribution in [-0.4, -0.2) is 23.8 Å². The monoisotopic (exact) mass is 532 g/mol. The average Bonchev–Trinajstić information content (AvgIpc) is 2.57. The highest BCUT2D eigenvalue weighted by Gasteiger charge is 2.12. The molecule has 0 atom stereocenters. The van der Waals surface area contributed by atoms with Crippen LogP contribution in [0.5, 0.6) is 11.5 Å². The third-order valence-corrected chi connectivity index (χ3v) is 5.54. The maximum absolute atomic E-state index is 11.9. The Morgan fingerprint density at radius 3 is 2.72 bits per heavy atom. The van der Waals surface area contributed by atoms with Gasteiger partial charge in [0.2, 0.25) is 0 Å². The lowest BCUT2D eigenvalue weighted by Crippen LogP contribution is -2.24. The number of ether oxygens (including phenoxy) is 1. The largest absolute Gasteiger partial charge is 0.506 e. The second kappa shape index (κ2) is 8.82. The molecule has 2 aromatic carbocycles. The van der Waals surface area contributed by atoms with E-state index in [0.717, 1.165) is 11.1 Å². The van der Waals surface area contributed by atoms with Crippen LogP contribution in [-0.2, 0) is 4.79 Å². The fourth-order valence-electron chi connectivity index (χ4n) is 1.94. The van der Waals surface area contributed by atoms with Crippen LogP contribution >= 0.6 is 47.8 Å². The standard InChI is InChI=1S/C17H15Br3N2O3/c1-9-4-3-5-14(10(9)2)25-8-15(23)22-21-7-11-12(18)6-13(19)17(24)16(11)20/h3-7,24H,8H2,1-2H3,(H,22,23)/b21-7-. The predicted molar refractivity (Wildman–Crippen MR) is 108 cm³/mol. The summed E-state index contributed by atoms with van der Waals surface area (Å²) in [7, 11) is 0. The number of nitrogens with zero attached hydrogens (tertiary/aromatic N) is 1. The van der Waals surface area contributed by atoms with Crippen LogP contribution < -0.4 is 10.2 Å². The van der Waals surface area contributed by atoms with Crippen molar-refractivity contribution in [3.05, 3.63) is 54.4 Å². The minimum atomic E-state index is -0.384. The van der Waals surface area contributed by atoms with Crippen molar-refractivity contribution in [1.29, 1.82) is 0 Å². The molecule has 0 radical (unpaired) electrons. The van der Waals surface area contributed by atoms with Crippen LogP contribution in [0.2, 0.25) is 0 Å². The van der Waals surface area contributed by atoms with Gasteiger partial charge in [0.05, 0.1) is 15.2 Å². The lowest BCUT2D eigenvalue weighted by Gasteiger charge is -2.10. The van der Waals surface area contributed by atoms with E-state index < -0.39 is 0 Å². The van der Waals surface area contributed by atoms with Crippen molar-refractivity contribution in [1.82, 2.24) is 5.43 Å². The van der Waals surface area contributed by atoms with Gasteiger partial charge in [-0.2, -0.15) is 5.10 Å². The van der Waals surface area contributed by atoms with E-state index >= 15 is 0 Å². The van der Waals surface area contributed by atoms with Gasteiger partial charge in [0.15, 0.2) is 6.61 Å². The Bertz CT molecular complexity index is 838. The van der Waals surface area contributed by atoms with E-state index in [1.54, 1.807) is 6.07 Å². The number of carbonyl (C=O) groups excluding carboxylic acids is 1. The summed E-state index contributed by atoms with van der Waals surface area (Å²) >= 11 is 9.90. The van der Waals surface area contributed by atoms with Gasteiger partial charge in [-0.1, -0.05) is 28.1 Å². The summed E-state index contributed by atoms with van der Waals surface area (Å²) in [6, 6.07) is 7.36. The summed E-state index contributed by atoms with van der Waals surface area (Å²) in [6.07, 6.45) is 1.43. The molecule has 0 fully saturated rings. The number of hydrogen-bond acceptors (Lipinski definition) is 4. The normalized spacial score (nSPS) is 10.9. The molecule has 0 aromatic heterocycles. The predicted octanol–water partition coefficient (Wildman–Crippen LogP) is 4.83. The third-order valence-electron chi connectivity index (χ3n) is 3.48. The SMILES string of the molecule is Cc1cccc(OCC(=O)N/N=C\c2c(Br)cc(Br)c(O)c2Br)c1C. The zero-order valence-electron chi connectivity index (χ0n) is 13.4. The first-order chi connectivity index (χ1) is 11.8. The number of aromatic hydroxyl groups is 1. The van der Waals surface area contributed by atoms with E-state index in [0.29, 0.717) is 24.7 Å². The number of halogens is 3. The summed E-state index contributed by atoms with van der Waals surface area (Å²) in [4.78, 5) is 11.9. The number of phenols is 1. The fraction of sp³-hybridized carbons (Fsp3) is 0.176. The Kier molecular flexibility index (Phi) is 7.04. The molecule has 0 saturated carbocycles. The van der Waals surface area contributed by atoms with E-state index in [4.69, 9.17) is 4.74 Å². The van der Waals surface area contributed by atoms with Crippen molar-refractivity contribution in [2.75, 3.05) is 6.61 Å². The molecule has 132 valence electrons. The molecule has 25 heavy (non-hydrogen) atoms. The minimum absolute atomic E-state index is 0.0502. The van der Waals surface area contributed by atoms with E-state index in [9.17, 15) is 9.90 Å².